The predicted octanol–water partition coefficient (Wildman–Crippen LogP) is 2.79. The van der Waals surface area contributed by atoms with Crippen LogP contribution in [0, 0.1) is 0 Å². The predicted molar refractivity (Wildman–Crippen MR) is 103 cm³/mol. The van der Waals surface area contributed by atoms with Gasteiger partial charge in [-0.3, -0.25) is 4.79 Å². The monoisotopic (exact) mass is 369 g/mol. The number of methoxy groups -OCH3 is 1. The van der Waals surface area contributed by atoms with Gasteiger partial charge in [0, 0.05) is 23.4 Å². The molecule has 0 bridgehead atoms. The highest BCUT2D eigenvalue weighted by molar-refractivity contribution is 7.99. The van der Waals surface area contributed by atoms with Gasteiger partial charge in [-0.25, -0.2) is 4.68 Å². The number of ether oxygens (including phenoxy) is 1. The van der Waals surface area contributed by atoms with Crippen molar-refractivity contribution < 1.29 is 9.53 Å². The smallest absolute Gasteiger partial charge is 0.225 e. The lowest BCUT2D eigenvalue weighted by molar-refractivity contribution is -0.115. The first-order chi connectivity index (χ1) is 12.7. The lowest BCUT2D eigenvalue weighted by Crippen LogP contribution is -2.14. The van der Waals surface area contributed by atoms with Crippen molar-refractivity contribution in [3.8, 4) is 17.1 Å². The Kier molecular flexibility index (Phi) is 5.75. The Balaban J connectivity index is 1.55. The van der Waals surface area contributed by atoms with Gasteiger partial charge in [0.1, 0.15) is 5.75 Å². The molecule has 3 N–H and O–H groups in total. The first-order valence-electron chi connectivity index (χ1n) is 8.00. The van der Waals surface area contributed by atoms with Gasteiger partial charge in [0.15, 0.2) is 5.82 Å². The molecule has 3 rings (SSSR count). The van der Waals surface area contributed by atoms with Crippen molar-refractivity contribution in [2.45, 2.75) is 11.6 Å². The molecule has 0 fully saturated rings. The quantitative estimate of drug-likeness (QED) is 0.491. The lowest BCUT2D eigenvalue weighted by atomic mass is 10.2. The number of carbonyl (C=O) groups is 1. The molecule has 26 heavy (non-hydrogen) atoms. The van der Waals surface area contributed by atoms with E-state index in [1.807, 2.05) is 54.6 Å². The van der Waals surface area contributed by atoms with Crippen LogP contribution in [0.1, 0.15) is 6.42 Å². The third kappa shape index (κ3) is 4.34. The fourth-order valence-electron chi connectivity index (χ4n) is 2.29. The van der Waals surface area contributed by atoms with Crippen LogP contribution in [0.5, 0.6) is 5.75 Å². The maximum absolute atomic E-state index is 12.0. The molecule has 0 unspecified atom stereocenters. The number of nitrogens with two attached hydrogens (primary N) is 1. The molecule has 0 aliphatic heterocycles. The van der Waals surface area contributed by atoms with Crippen LogP contribution in [0.25, 0.3) is 11.4 Å². The number of amides is 1. The number of anilines is 1. The summed E-state index contributed by atoms with van der Waals surface area (Å²) in [4.78, 5) is 12.0. The highest BCUT2D eigenvalue weighted by Crippen LogP contribution is 2.23. The summed E-state index contributed by atoms with van der Waals surface area (Å²) in [7, 11) is 1.61. The minimum absolute atomic E-state index is 0.0536. The number of nitrogen functional groups attached to an aromatic ring is 1. The number of thioether (sulfide) groups is 1. The molecule has 1 aromatic heterocycles. The lowest BCUT2D eigenvalue weighted by Gasteiger charge is -2.06. The van der Waals surface area contributed by atoms with Crippen LogP contribution in [-0.4, -0.2) is 33.6 Å². The van der Waals surface area contributed by atoms with E-state index in [1.54, 1.807) is 7.11 Å². The highest BCUT2D eigenvalue weighted by atomic mass is 32.2. The molecular weight excluding hydrogens is 350 g/mol. The maximum Gasteiger partial charge on any atom is 0.225 e. The van der Waals surface area contributed by atoms with Crippen molar-refractivity contribution in [3.63, 3.8) is 0 Å². The number of nitrogens with zero attached hydrogens (tertiary/aromatic N) is 3. The van der Waals surface area contributed by atoms with Crippen molar-refractivity contribution in [2.24, 2.45) is 0 Å². The van der Waals surface area contributed by atoms with Gasteiger partial charge in [0.05, 0.1) is 7.11 Å². The number of para-hydroxylation sites is 1. The van der Waals surface area contributed by atoms with Gasteiger partial charge >= 0.3 is 0 Å². The van der Waals surface area contributed by atoms with Crippen LogP contribution in [0.3, 0.4) is 0 Å². The fraction of sp³-hybridized carbons (Fsp3) is 0.167. The minimum Gasteiger partial charge on any atom is -0.497 e. The normalized spacial score (nSPS) is 10.5. The molecular formula is C18H19N5O2S. The fourth-order valence-corrected chi connectivity index (χ4v) is 3.09. The summed E-state index contributed by atoms with van der Waals surface area (Å²) in [6, 6.07) is 16.8. The van der Waals surface area contributed by atoms with E-state index in [0.717, 1.165) is 17.0 Å². The molecule has 2 aromatic carbocycles. The Morgan fingerprint density at radius 2 is 1.88 bits per heavy atom. The number of hydrogen-bond acceptors (Lipinski definition) is 6. The number of benzene rings is 2. The largest absolute Gasteiger partial charge is 0.497 e. The second kappa shape index (κ2) is 8.39. The Morgan fingerprint density at radius 1 is 1.15 bits per heavy atom. The van der Waals surface area contributed by atoms with Gasteiger partial charge in [-0.2, -0.15) is 0 Å². The standard InChI is InChI=1S/C18H19N5O2S/c1-25-15-9-7-13(8-10-15)17-21-22-18(23(17)19)26-12-11-16(24)20-14-5-3-2-4-6-14/h2-10H,11-12,19H2,1H3,(H,20,24). The summed E-state index contributed by atoms with van der Waals surface area (Å²) in [5.41, 5.74) is 1.63. The molecule has 1 heterocycles. The summed E-state index contributed by atoms with van der Waals surface area (Å²) in [6.45, 7) is 0. The summed E-state index contributed by atoms with van der Waals surface area (Å²) in [5.74, 6) is 7.90. The van der Waals surface area contributed by atoms with Gasteiger partial charge in [-0.1, -0.05) is 30.0 Å². The van der Waals surface area contributed by atoms with Gasteiger partial charge < -0.3 is 15.9 Å². The number of aromatic nitrogens is 3. The highest BCUT2D eigenvalue weighted by Gasteiger charge is 2.13. The average molecular weight is 369 g/mol. The van der Waals surface area contributed by atoms with E-state index in [-0.39, 0.29) is 5.91 Å². The van der Waals surface area contributed by atoms with Gasteiger partial charge in [0.2, 0.25) is 11.1 Å². The third-order valence-corrected chi connectivity index (χ3v) is 4.58. The number of nitrogens with one attached hydrogen (secondary N) is 1. The molecule has 0 saturated heterocycles. The van der Waals surface area contributed by atoms with Crippen molar-refractivity contribution in [1.29, 1.82) is 0 Å². The molecule has 7 nitrogen and oxygen atoms in total. The van der Waals surface area contributed by atoms with E-state index in [4.69, 9.17) is 10.6 Å². The molecule has 0 atom stereocenters. The molecule has 0 spiro atoms. The van der Waals surface area contributed by atoms with Crippen molar-refractivity contribution in [1.82, 2.24) is 14.9 Å². The number of rotatable bonds is 7. The van der Waals surface area contributed by atoms with E-state index in [2.05, 4.69) is 15.5 Å². The van der Waals surface area contributed by atoms with Crippen LogP contribution in [0.2, 0.25) is 0 Å². The number of hydrogen-bond donors (Lipinski definition) is 2. The SMILES string of the molecule is COc1ccc(-c2nnc(SCCC(=O)Nc3ccccc3)n2N)cc1. The minimum atomic E-state index is -0.0536. The summed E-state index contributed by atoms with van der Waals surface area (Å²) < 4.78 is 6.57. The topological polar surface area (TPSA) is 95.1 Å². The first kappa shape index (κ1) is 17.8. The Morgan fingerprint density at radius 3 is 2.58 bits per heavy atom. The Bertz CT molecular complexity index is 865. The van der Waals surface area contributed by atoms with Crippen LogP contribution in [-0.2, 0) is 4.79 Å². The average Bonchev–Trinajstić information content (AvgIpc) is 3.03. The number of carbonyl (C=O) groups excluding carboxylic acids is 1. The van der Waals surface area contributed by atoms with E-state index in [9.17, 15) is 4.79 Å². The van der Waals surface area contributed by atoms with Gasteiger partial charge in [-0.05, 0) is 36.4 Å². The second-order valence-electron chi connectivity index (χ2n) is 5.42. The molecule has 134 valence electrons. The van der Waals surface area contributed by atoms with Crippen molar-refractivity contribution in [3.05, 3.63) is 54.6 Å². The van der Waals surface area contributed by atoms with E-state index in [0.29, 0.717) is 23.2 Å². The zero-order valence-corrected chi connectivity index (χ0v) is 15.1. The van der Waals surface area contributed by atoms with Gasteiger partial charge in [0.25, 0.3) is 0 Å². The molecule has 0 saturated carbocycles. The molecule has 1 amide bonds. The Labute approximate surface area is 155 Å². The summed E-state index contributed by atoms with van der Waals surface area (Å²) in [5, 5.41) is 11.6. The molecule has 0 aliphatic carbocycles. The Hall–Kier alpha value is -3.00. The van der Waals surface area contributed by atoms with Crippen molar-refractivity contribution >= 4 is 23.4 Å². The summed E-state index contributed by atoms with van der Waals surface area (Å²) >= 11 is 1.39. The zero-order chi connectivity index (χ0) is 18.4. The maximum atomic E-state index is 12.0. The van der Waals surface area contributed by atoms with E-state index in [1.165, 1.54) is 16.4 Å². The molecule has 8 heteroatoms. The van der Waals surface area contributed by atoms with Crippen LogP contribution in [0.15, 0.2) is 59.8 Å². The zero-order valence-electron chi connectivity index (χ0n) is 14.3. The molecule has 0 radical (unpaired) electrons. The second-order valence-corrected chi connectivity index (χ2v) is 6.48. The first-order valence-corrected chi connectivity index (χ1v) is 8.98. The molecule has 0 aliphatic rings. The van der Waals surface area contributed by atoms with Crippen LogP contribution < -0.4 is 15.9 Å². The molecule has 3 aromatic rings. The summed E-state index contributed by atoms with van der Waals surface area (Å²) in [6.07, 6.45) is 0.351. The third-order valence-electron chi connectivity index (χ3n) is 3.63. The van der Waals surface area contributed by atoms with E-state index >= 15 is 0 Å². The van der Waals surface area contributed by atoms with Crippen molar-refractivity contribution in [2.75, 3.05) is 24.0 Å². The van der Waals surface area contributed by atoms with Crippen LogP contribution in [0.4, 0.5) is 5.69 Å². The van der Waals surface area contributed by atoms with Crippen LogP contribution >= 0.6 is 11.8 Å². The van der Waals surface area contributed by atoms with E-state index < -0.39 is 0 Å². The van der Waals surface area contributed by atoms with Gasteiger partial charge in [-0.15, -0.1) is 10.2 Å².